The molecular formula is C13H17NS2. The Labute approximate surface area is 104 Å². The molecule has 1 saturated carbocycles. The molecule has 1 unspecified atom stereocenters. The molecule has 0 spiro atoms. The molecule has 0 bridgehead atoms. The van der Waals surface area contributed by atoms with E-state index < -0.39 is 0 Å². The van der Waals surface area contributed by atoms with Gasteiger partial charge < -0.3 is 5.32 Å². The summed E-state index contributed by atoms with van der Waals surface area (Å²) < 4.78 is 2.92. The van der Waals surface area contributed by atoms with Gasteiger partial charge in [0.05, 0.1) is 0 Å². The van der Waals surface area contributed by atoms with E-state index >= 15 is 0 Å². The summed E-state index contributed by atoms with van der Waals surface area (Å²) in [6.07, 6.45) is 4.04. The van der Waals surface area contributed by atoms with Crippen LogP contribution in [0.25, 0.3) is 9.40 Å². The Hall–Kier alpha value is -0.380. The molecule has 2 heterocycles. The lowest BCUT2D eigenvalue weighted by molar-refractivity contribution is 0.488. The molecule has 3 rings (SSSR count). The van der Waals surface area contributed by atoms with E-state index in [4.69, 9.17) is 0 Å². The number of rotatable bonds is 5. The SMILES string of the molecule is CCCNC(c1cc2sccc2s1)C1CC1. The molecule has 0 radical (unpaired) electrons. The minimum Gasteiger partial charge on any atom is -0.309 e. The summed E-state index contributed by atoms with van der Waals surface area (Å²) in [5, 5.41) is 5.90. The third-order valence-corrected chi connectivity index (χ3v) is 5.35. The van der Waals surface area contributed by atoms with E-state index in [0.717, 1.165) is 12.5 Å². The molecule has 0 saturated heterocycles. The molecule has 1 fully saturated rings. The summed E-state index contributed by atoms with van der Waals surface area (Å²) in [5.41, 5.74) is 0. The number of hydrogen-bond acceptors (Lipinski definition) is 3. The fourth-order valence-electron chi connectivity index (χ4n) is 2.17. The zero-order valence-electron chi connectivity index (χ0n) is 9.53. The Kier molecular flexibility index (Phi) is 3.01. The van der Waals surface area contributed by atoms with Crippen LogP contribution in [0.15, 0.2) is 17.5 Å². The first-order valence-electron chi connectivity index (χ1n) is 6.09. The summed E-state index contributed by atoms with van der Waals surface area (Å²) in [6, 6.07) is 5.28. The number of fused-ring (bicyclic) bond motifs is 1. The molecule has 0 aliphatic heterocycles. The summed E-state index contributed by atoms with van der Waals surface area (Å²) >= 11 is 3.84. The molecule has 2 aromatic heterocycles. The lowest BCUT2D eigenvalue weighted by Gasteiger charge is -2.15. The Balaban J connectivity index is 1.84. The highest BCUT2D eigenvalue weighted by Crippen LogP contribution is 2.44. The van der Waals surface area contributed by atoms with Crippen molar-refractivity contribution < 1.29 is 0 Å². The predicted octanol–water partition coefficient (Wildman–Crippen LogP) is 4.41. The Morgan fingerprint density at radius 1 is 1.44 bits per heavy atom. The largest absolute Gasteiger partial charge is 0.309 e. The van der Waals surface area contributed by atoms with Gasteiger partial charge in [-0.05, 0) is 49.2 Å². The third-order valence-electron chi connectivity index (χ3n) is 3.17. The van der Waals surface area contributed by atoms with Crippen molar-refractivity contribution in [3.05, 3.63) is 22.4 Å². The molecule has 2 aromatic rings. The van der Waals surface area contributed by atoms with Crippen molar-refractivity contribution in [1.29, 1.82) is 0 Å². The monoisotopic (exact) mass is 251 g/mol. The van der Waals surface area contributed by atoms with Crippen molar-refractivity contribution in [2.24, 2.45) is 5.92 Å². The van der Waals surface area contributed by atoms with Gasteiger partial charge in [-0.1, -0.05) is 6.92 Å². The second-order valence-electron chi connectivity index (χ2n) is 4.57. The molecule has 1 aliphatic rings. The quantitative estimate of drug-likeness (QED) is 0.830. The Morgan fingerprint density at radius 3 is 3.00 bits per heavy atom. The van der Waals surface area contributed by atoms with Gasteiger partial charge in [0.1, 0.15) is 0 Å². The van der Waals surface area contributed by atoms with Crippen LogP contribution in [0.3, 0.4) is 0 Å². The number of thiophene rings is 2. The third kappa shape index (κ3) is 2.04. The van der Waals surface area contributed by atoms with Gasteiger partial charge in [-0.25, -0.2) is 0 Å². The number of hydrogen-bond donors (Lipinski definition) is 1. The van der Waals surface area contributed by atoms with Crippen LogP contribution in [0.2, 0.25) is 0 Å². The normalized spacial score (nSPS) is 18.1. The van der Waals surface area contributed by atoms with Gasteiger partial charge in [-0.2, -0.15) is 0 Å². The Morgan fingerprint density at radius 2 is 2.31 bits per heavy atom. The standard InChI is InChI=1S/C13H17NS2/c1-2-6-14-13(9-3-4-9)12-8-11-10(16-12)5-7-15-11/h5,7-9,13-14H,2-4,6H2,1H3. The minimum atomic E-state index is 0.629. The van der Waals surface area contributed by atoms with Gasteiger partial charge in [0.15, 0.2) is 0 Å². The average molecular weight is 251 g/mol. The van der Waals surface area contributed by atoms with Crippen molar-refractivity contribution in [1.82, 2.24) is 5.32 Å². The highest BCUT2D eigenvalue weighted by molar-refractivity contribution is 7.26. The van der Waals surface area contributed by atoms with Crippen LogP contribution >= 0.6 is 22.7 Å². The highest BCUT2D eigenvalue weighted by atomic mass is 32.1. The topological polar surface area (TPSA) is 12.0 Å². The lowest BCUT2D eigenvalue weighted by atomic mass is 10.1. The maximum Gasteiger partial charge on any atom is 0.0454 e. The van der Waals surface area contributed by atoms with Crippen LogP contribution in [-0.4, -0.2) is 6.54 Å². The second kappa shape index (κ2) is 4.47. The van der Waals surface area contributed by atoms with E-state index in [-0.39, 0.29) is 0 Å². The van der Waals surface area contributed by atoms with Gasteiger partial charge in [0.2, 0.25) is 0 Å². The molecule has 0 aromatic carbocycles. The van der Waals surface area contributed by atoms with Gasteiger partial charge in [-0.3, -0.25) is 0 Å². The van der Waals surface area contributed by atoms with E-state index in [0.29, 0.717) is 6.04 Å². The Bertz CT molecular complexity index is 438. The smallest absolute Gasteiger partial charge is 0.0454 e. The summed E-state index contributed by atoms with van der Waals surface area (Å²) in [6.45, 7) is 3.39. The first kappa shape index (κ1) is 10.8. The van der Waals surface area contributed by atoms with Crippen molar-refractivity contribution in [2.45, 2.75) is 32.2 Å². The second-order valence-corrected chi connectivity index (χ2v) is 6.63. The molecular weight excluding hydrogens is 234 g/mol. The van der Waals surface area contributed by atoms with Crippen molar-refractivity contribution in [3.8, 4) is 0 Å². The van der Waals surface area contributed by atoms with E-state index in [1.807, 2.05) is 22.7 Å². The zero-order valence-corrected chi connectivity index (χ0v) is 11.2. The summed E-state index contributed by atoms with van der Waals surface area (Å²) in [7, 11) is 0. The van der Waals surface area contributed by atoms with Gasteiger partial charge >= 0.3 is 0 Å². The molecule has 1 nitrogen and oxygen atoms in total. The van der Waals surface area contributed by atoms with Crippen LogP contribution < -0.4 is 5.32 Å². The average Bonchev–Trinajstić information content (AvgIpc) is 2.87. The van der Waals surface area contributed by atoms with Crippen LogP contribution in [0.4, 0.5) is 0 Å². The molecule has 0 amide bonds. The summed E-state index contributed by atoms with van der Waals surface area (Å²) in [5.74, 6) is 0.902. The van der Waals surface area contributed by atoms with E-state index in [1.54, 1.807) is 4.88 Å². The molecule has 1 aliphatic carbocycles. The maximum atomic E-state index is 3.71. The van der Waals surface area contributed by atoms with Crippen LogP contribution in [-0.2, 0) is 0 Å². The fourth-order valence-corrected chi connectivity index (χ4v) is 4.46. The first-order chi connectivity index (χ1) is 7.88. The van der Waals surface area contributed by atoms with Crippen molar-refractivity contribution in [2.75, 3.05) is 6.54 Å². The minimum absolute atomic E-state index is 0.629. The highest BCUT2D eigenvalue weighted by Gasteiger charge is 2.32. The van der Waals surface area contributed by atoms with Crippen molar-refractivity contribution in [3.63, 3.8) is 0 Å². The molecule has 16 heavy (non-hydrogen) atoms. The maximum absolute atomic E-state index is 3.71. The molecule has 86 valence electrons. The molecule has 1 atom stereocenters. The zero-order chi connectivity index (χ0) is 11.0. The van der Waals surface area contributed by atoms with Crippen molar-refractivity contribution >= 4 is 32.1 Å². The van der Waals surface area contributed by atoms with E-state index in [9.17, 15) is 0 Å². The number of nitrogens with one attached hydrogen (secondary N) is 1. The first-order valence-corrected chi connectivity index (χ1v) is 7.78. The van der Waals surface area contributed by atoms with Crippen LogP contribution in [0, 0.1) is 5.92 Å². The fraction of sp³-hybridized carbons (Fsp3) is 0.538. The van der Waals surface area contributed by atoms with E-state index in [2.05, 4.69) is 29.8 Å². The molecule has 3 heteroatoms. The van der Waals surface area contributed by atoms with Gasteiger partial charge in [0, 0.05) is 20.3 Å². The van der Waals surface area contributed by atoms with Gasteiger partial charge in [0.25, 0.3) is 0 Å². The lowest BCUT2D eigenvalue weighted by Crippen LogP contribution is -2.22. The summed E-state index contributed by atoms with van der Waals surface area (Å²) in [4.78, 5) is 1.55. The van der Waals surface area contributed by atoms with Crippen LogP contribution in [0.5, 0.6) is 0 Å². The van der Waals surface area contributed by atoms with Crippen LogP contribution in [0.1, 0.15) is 37.1 Å². The van der Waals surface area contributed by atoms with E-state index in [1.165, 1.54) is 28.7 Å². The molecule has 1 N–H and O–H groups in total. The van der Waals surface area contributed by atoms with Gasteiger partial charge in [-0.15, -0.1) is 22.7 Å². The predicted molar refractivity (Wildman–Crippen MR) is 73.5 cm³/mol.